The molecule has 0 aliphatic carbocycles. The molecule has 0 unspecified atom stereocenters. The molecular formula is C19H24N4O3. The Morgan fingerprint density at radius 1 is 1.04 bits per heavy atom. The highest BCUT2D eigenvalue weighted by Crippen LogP contribution is 2.32. The van der Waals surface area contributed by atoms with E-state index in [9.17, 15) is 4.79 Å². The second-order valence-electron chi connectivity index (χ2n) is 6.85. The number of nitrogens with zero attached hydrogens (tertiary/aromatic N) is 4. The Balaban J connectivity index is 1.30. The number of ether oxygens (including phenoxy) is 2. The summed E-state index contributed by atoms with van der Waals surface area (Å²) < 4.78 is 12.7. The Kier molecular flexibility index (Phi) is 4.55. The molecule has 26 heavy (non-hydrogen) atoms. The average molecular weight is 356 g/mol. The average Bonchev–Trinajstić information content (AvgIpc) is 3.24. The molecule has 4 rings (SSSR count). The van der Waals surface area contributed by atoms with Crippen LogP contribution in [0, 0.1) is 13.8 Å². The van der Waals surface area contributed by atoms with E-state index in [4.69, 9.17) is 9.47 Å². The molecule has 0 N–H and O–H groups in total. The van der Waals surface area contributed by atoms with Gasteiger partial charge in [0.2, 0.25) is 6.79 Å². The summed E-state index contributed by atoms with van der Waals surface area (Å²) in [6.07, 6.45) is 0. The van der Waals surface area contributed by atoms with Gasteiger partial charge < -0.3 is 14.4 Å². The van der Waals surface area contributed by atoms with Crippen molar-refractivity contribution in [2.45, 2.75) is 20.4 Å². The van der Waals surface area contributed by atoms with Crippen molar-refractivity contribution in [3.63, 3.8) is 0 Å². The third-order valence-corrected chi connectivity index (χ3v) is 5.01. The largest absolute Gasteiger partial charge is 0.454 e. The number of aryl methyl sites for hydroxylation is 2. The molecule has 1 saturated heterocycles. The first-order chi connectivity index (χ1) is 12.6. The lowest BCUT2D eigenvalue weighted by Gasteiger charge is -2.34. The van der Waals surface area contributed by atoms with Crippen LogP contribution in [0.2, 0.25) is 0 Å². The summed E-state index contributed by atoms with van der Waals surface area (Å²) in [5.41, 5.74) is 2.91. The molecule has 7 heteroatoms. The normalized spacial score (nSPS) is 16.9. The summed E-state index contributed by atoms with van der Waals surface area (Å²) in [5.74, 6) is 1.41. The number of hydrogen-bond acceptors (Lipinski definition) is 5. The SMILES string of the molecule is Cc1cc(C)n(CCN2CCN(C(=O)c3ccc4c(c3)OCO4)CC2)n1. The predicted molar refractivity (Wildman–Crippen MR) is 96.6 cm³/mol. The fourth-order valence-corrected chi connectivity index (χ4v) is 3.52. The number of piperazine rings is 1. The van der Waals surface area contributed by atoms with Crippen LogP contribution in [-0.2, 0) is 6.54 Å². The summed E-state index contributed by atoms with van der Waals surface area (Å²) in [6.45, 7) is 9.41. The van der Waals surface area contributed by atoms with Crippen LogP contribution < -0.4 is 9.47 Å². The van der Waals surface area contributed by atoms with Gasteiger partial charge in [-0.05, 0) is 38.1 Å². The van der Waals surface area contributed by atoms with Gasteiger partial charge in [0.1, 0.15) is 0 Å². The van der Waals surface area contributed by atoms with E-state index in [1.165, 1.54) is 5.69 Å². The molecule has 0 spiro atoms. The lowest BCUT2D eigenvalue weighted by atomic mass is 10.1. The van der Waals surface area contributed by atoms with E-state index in [-0.39, 0.29) is 12.7 Å². The minimum absolute atomic E-state index is 0.0569. The standard InChI is InChI=1S/C19H24N4O3/c1-14-11-15(2)23(20-14)10-7-21-5-8-22(9-6-21)19(24)16-3-4-17-18(12-16)26-13-25-17/h3-4,11-12H,5-10,13H2,1-2H3. The molecule has 1 fully saturated rings. The Hall–Kier alpha value is -2.54. The summed E-state index contributed by atoms with van der Waals surface area (Å²) in [5, 5.41) is 4.51. The van der Waals surface area contributed by atoms with Gasteiger partial charge in [0, 0.05) is 44.0 Å². The molecule has 1 amide bonds. The van der Waals surface area contributed by atoms with Crippen molar-refractivity contribution in [1.29, 1.82) is 0 Å². The summed E-state index contributed by atoms with van der Waals surface area (Å²) in [6, 6.07) is 7.49. The highest BCUT2D eigenvalue weighted by molar-refractivity contribution is 5.95. The lowest BCUT2D eigenvalue weighted by molar-refractivity contribution is 0.0631. The van der Waals surface area contributed by atoms with Gasteiger partial charge in [-0.2, -0.15) is 5.10 Å². The number of carbonyl (C=O) groups excluding carboxylic acids is 1. The van der Waals surface area contributed by atoms with Crippen LogP contribution in [0.25, 0.3) is 0 Å². The number of aromatic nitrogens is 2. The topological polar surface area (TPSA) is 59.8 Å². The molecule has 0 radical (unpaired) electrons. The van der Waals surface area contributed by atoms with Gasteiger partial charge in [-0.15, -0.1) is 0 Å². The van der Waals surface area contributed by atoms with Crippen molar-refractivity contribution in [3.8, 4) is 11.5 Å². The van der Waals surface area contributed by atoms with Crippen molar-refractivity contribution in [2.75, 3.05) is 39.5 Å². The molecule has 0 atom stereocenters. The van der Waals surface area contributed by atoms with Crippen molar-refractivity contribution in [2.24, 2.45) is 0 Å². The van der Waals surface area contributed by atoms with E-state index in [0.29, 0.717) is 17.1 Å². The third kappa shape index (κ3) is 3.39. The van der Waals surface area contributed by atoms with E-state index in [2.05, 4.69) is 27.7 Å². The zero-order valence-electron chi connectivity index (χ0n) is 15.3. The van der Waals surface area contributed by atoms with Crippen LogP contribution >= 0.6 is 0 Å². The van der Waals surface area contributed by atoms with E-state index in [1.54, 1.807) is 12.1 Å². The van der Waals surface area contributed by atoms with E-state index < -0.39 is 0 Å². The van der Waals surface area contributed by atoms with Crippen molar-refractivity contribution in [1.82, 2.24) is 19.6 Å². The number of hydrogen-bond donors (Lipinski definition) is 0. The number of rotatable bonds is 4. The molecule has 138 valence electrons. The van der Waals surface area contributed by atoms with Gasteiger partial charge in [-0.25, -0.2) is 0 Å². The van der Waals surface area contributed by atoms with E-state index >= 15 is 0 Å². The van der Waals surface area contributed by atoms with E-state index in [1.807, 2.05) is 17.9 Å². The van der Waals surface area contributed by atoms with E-state index in [0.717, 1.165) is 45.0 Å². The predicted octanol–water partition coefficient (Wildman–Crippen LogP) is 1.69. The molecule has 1 aromatic heterocycles. The Morgan fingerprint density at radius 3 is 2.54 bits per heavy atom. The maximum atomic E-state index is 12.7. The third-order valence-electron chi connectivity index (χ3n) is 5.01. The summed E-state index contributed by atoms with van der Waals surface area (Å²) >= 11 is 0. The van der Waals surface area contributed by atoms with Crippen molar-refractivity contribution in [3.05, 3.63) is 41.2 Å². The van der Waals surface area contributed by atoms with Gasteiger partial charge in [-0.3, -0.25) is 14.4 Å². The number of amides is 1. The van der Waals surface area contributed by atoms with Gasteiger partial charge in [0.15, 0.2) is 11.5 Å². The molecule has 2 aliphatic rings. The summed E-state index contributed by atoms with van der Waals surface area (Å²) in [7, 11) is 0. The highest BCUT2D eigenvalue weighted by atomic mass is 16.7. The smallest absolute Gasteiger partial charge is 0.254 e. The molecule has 0 saturated carbocycles. The second kappa shape index (κ2) is 6.99. The zero-order valence-corrected chi connectivity index (χ0v) is 15.3. The molecular weight excluding hydrogens is 332 g/mol. The number of carbonyl (C=O) groups is 1. The molecule has 2 aliphatic heterocycles. The first-order valence-electron chi connectivity index (χ1n) is 9.02. The minimum Gasteiger partial charge on any atom is -0.454 e. The van der Waals surface area contributed by atoms with Crippen LogP contribution in [0.4, 0.5) is 0 Å². The van der Waals surface area contributed by atoms with Crippen LogP contribution in [-0.4, -0.2) is 65.0 Å². The molecule has 7 nitrogen and oxygen atoms in total. The Bertz CT molecular complexity index is 809. The van der Waals surface area contributed by atoms with Gasteiger partial charge in [0.25, 0.3) is 5.91 Å². The second-order valence-corrected chi connectivity index (χ2v) is 6.85. The first-order valence-corrected chi connectivity index (χ1v) is 9.02. The summed E-state index contributed by atoms with van der Waals surface area (Å²) in [4.78, 5) is 17.0. The fourth-order valence-electron chi connectivity index (χ4n) is 3.52. The van der Waals surface area contributed by atoms with Crippen LogP contribution in [0.3, 0.4) is 0 Å². The molecule has 3 heterocycles. The van der Waals surface area contributed by atoms with Crippen LogP contribution in [0.5, 0.6) is 11.5 Å². The lowest BCUT2D eigenvalue weighted by Crippen LogP contribution is -2.49. The maximum absolute atomic E-state index is 12.7. The molecule has 1 aromatic carbocycles. The molecule has 2 aromatic rings. The van der Waals surface area contributed by atoms with Crippen molar-refractivity contribution < 1.29 is 14.3 Å². The van der Waals surface area contributed by atoms with Gasteiger partial charge in [0.05, 0.1) is 12.2 Å². The zero-order chi connectivity index (χ0) is 18.1. The van der Waals surface area contributed by atoms with Crippen LogP contribution in [0.15, 0.2) is 24.3 Å². The quantitative estimate of drug-likeness (QED) is 0.834. The van der Waals surface area contributed by atoms with Gasteiger partial charge >= 0.3 is 0 Å². The Labute approximate surface area is 153 Å². The van der Waals surface area contributed by atoms with Gasteiger partial charge in [-0.1, -0.05) is 0 Å². The van der Waals surface area contributed by atoms with Crippen molar-refractivity contribution >= 4 is 5.91 Å². The van der Waals surface area contributed by atoms with Crippen LogP contribution in [0.1, 0.15) is 21.7 Å². The Morgan fingerprint density at radius 2 is 1.81 bits per heavy atom. The molecule has 0 bridgehead atoms. The minimum atomic E-state index is 0.0569. The first kappa shape index (κ1) is 16.9. The monoisotopic (exact) mass is 356 g/mol. The highest BCUT2D eigenvalue weighted by Gasteiger charge is 2.24. The maximum Gasteiger partial charge on any atom is 0.254 e. The number of benzene rings is 1. The number of fused-ring (bicyclic) bond motifs is 1. The fraction of sp³-hybridized carbons (Fsp3) is 0.474.